The summed E-state index contributed by atoms with van der Waals surface area (Å²) in [7, 11) is 3.34. The topological polar surface area (TPSA) is 110 Å². The molecule has 2 aromatic carbocycles. The summed E-state index contributed by atoms with van der Waals surface area (Å²) in [4.78, 5) is 37.8. The second-order valence-corrected chi connectivity index (χ2v) is 7.90. The number of fused-ring (bicyclic) bond motifs is 1. The molecule has 8 nitrogen and oxygen atoms in total. The van der Waals surface area contributed by atoms with Crippen LogP contribution in [0.3, 0.4) is 0 Å². The fraction of sp³-hybridized carbons (Fsp3) is 0.292. The third-order valence-electron chi connectivity index (χ3n) is 5.38. The zero-order valence-electron chi connectivity index (χ0n) is 18.5. The van der Waals surface area contributed by atoms with Crippen LogP contribution in [-0.4, -0.2) is 40.6 Å². The van der Waals surface area contributed by atoms with Crippen molar-refractivity contribution < 1.29 is 24.2 Å². The van der Waals surface area contributed by atoms with E-state index in [2.05, 4.69) is 10.6 Å². The standard InChI is InChI=1S/C24H27N3O5/c1-14(2)20(23(29)26-21(24(30)31)15-8-6-5-7-9-15)25-22(28)19-13-16-12-17(32-4)10-11-18(16)27(19)3/h5-14,20-21H,1-4H3,(H,25,28)(H,26,29)(H,30,31). The van der Waals surface area contributed by atoms with E-state index in [4.69, 9.17) is 4.74 Å². The molecule has 32 heavy (non-hydrogen) atoms. The molecule has 3 aromatic rings. The van der Waals surface area contributed by atoms with Gasteiger partial charge in [0, 0.05) is 18.0 Å². The summed E-state index contributed by atoms with van der Waals surface area (Å²) in [5.41, 5.74) is 1.67. The number of rotatable bonds is 8. The van der Waals surface area contributed by atoms with Gasteiger partial charge in [-0.05, 0) is 35.7 Å². The molecule has 0 aliphatic rings. The third kappa shape index (κ3) is 4.74. The van der Waals surface area contributed by atoms with Crippen LogP contribution in [0.4, 0.5) is 0 Å². The average molecular weight is 437 g/mol. The summed E-state index contributed by atoms with van der Waals surface area (Å²) in [6.45, 7) is 3.57. The maximum Gasteiger partial charge on any atom is 0.330 e. The molecule has 0 aliphatic carbocycles. The summed E-state index contributed by atoms with van der Waals surface area (Å²) in [6.07, 6.45) is 0. The number of hydrogen-bond acceptors (Lipinski definition) is 4. The molecule has 0 bridgehead atoms. The summed E-state index contributed by atoms with van der Waals surface area (Å²) in [5.74, 6) is -1.76. The van der Waals surface area contributed by atoms with Crippen LogP contribution < -0.4 is 15.4 Å². The molecule has 2 unspecified atom stereocenters. The van der Waals surface area contributed by atoms with Crippen molar-refractivity contribution in [1.29, 1.82) is 0 Å². The number of aromatic nitrogens is 1. The van der Waals surface area contributed by atoms with E-state index in [1.165, 1.54) is 0 Å². The fourth-order valence-corrected chi connectivity index (χ4v) is 3.59. The van der Waals surface area contributed by atoms with Crippen LogP contribution in [0.1, 0.15) is 35.9 Å². The van der Waals surface area contributed by atoms with E-state index in [1.807, 2.05) is 18.2 Å². The van der Waals surface area contributed by atoms with Gasteiger partial charge in [-0.2, -0.15) is 0 Å². The molecule has 168 valence electrons. The number of methoxy groups -OCH3 is 1. The zero-order chi connectivity index (χ0) is 23.4. The number of benzene rings is 2. The number of carbonyl (C=O) groups excluding carboxylic acids is 2. The van der Waals surface area contributed by atoms with Crippen molar-refractivity contribution in [2.24, 2.45) is 13.0 Å². The Balaban J connectivity index is 1.82. The minimum Gasteiger partial charge on any atom is -0.497 e. The first-order chi connectivity index (χ1) is 15.2. The van der Waals surface area contributed by atoms with Crippen LogP contribution in [0.25, 0.3) is 10.9 Å². The van der Waals surface area contributed by atoms with Crippen LogP contribution in [0, 0.1) is 5.92 Å². The molecule has 3 N–H and O–H groups in total. The molecule has 1 heterocycles. The molecule has 1 aromatic heterocycles. The van der Waals surface area contributed by atoms with Crippen molar-refractivity contribution in [2.45, 2.75) is 25.9 Å². The normalized spacial score (nSPS) is 12.9. The largest absolute Gasteiger partial charge is 0.497 e. The molecule has 0 saturated heterocycles. The van der Waals surface area contributed by atoms with Gasteiger partial charge in [0.25, 0.3) is 5.91 Å². The van der Waals surface area contributed by atoms with Gasteiger partial charge in [0.1, 0.15) is 17.5 Å². The van der Waals surface area contributed by atoms with Gasteiger partial charge in [-0.1, -0.05) is 44.2 Å². The van der Waals surface area contributed by atoms with Crippen LogP contribution in [0.15, 0.2) is 54.6 Å². The molecule has 0 aliphatic heterocycles. The van der Waals surface area contributed by atoms with Gasteiger partial charge in [-0.15, -0.1) is 0 Å². The molecule has 0 fully saturated rings. The van der Waals surface area contributed by atoms with Crippen molar-refractivity contribution in [3.05, 3.63) is 65.9 Å². The Labute approximate surface area is 186 Å². The molecule has 2 atom stereocenters. The van der Waals surface area contributed by atoms with Crippen LogP contribution in [0.5, 0.6) is 5.75 Å². The number of hydrogen-bond donors (Lipinski definition) is 3. The first-order valence-corrected chi connectivity index (χ1v) is 10.3. The van der Waals surface area contributed by atoms with Gasteiger partial charge in [0.15, 0.2) is 6.04 Å². The molecule has 0 spiro atoms. The maximum atomic E-state index is 13.0. The number of carboxylic acids is 1. The highest BCUT2D eigenvalue weighted by Crippen LogP contribution is 2.24. The Bertz CT molecular complexity index is 1140. The molecule has 0 saturated carbocycles. The summed E-state index contributed by atoms with van der Waals surface area (Å²) < 4.78 is 6.98. The summed E-state index contributed by atoms with van der Waals surface area (Å²) in [6, 6.07) is 13.5. The Kier molecular flexibility index (Phi) is 6.82. The quantitative estimate of drug-likeness (QED) is 0.502. The second kappa shape index (κ2) is 9.55. The smallest absolute Gasteiger partial charge is 0.330 e. The number of aliphatic carboxylic acids is 1. The van der Waals surface area contributed by atoms with E-state index < -0.39 is 29.9 Å². The number of amides is 2. The molecule has 8 heteroatoms. The van der Waals surface area contributed by atoms with E-state index in [9.17, 15) is 19.5 Å². The number of aryl methyl sites for hydroxylation is 1. The lowest BCUT2D eigenvalue weighted by Gasteiger charge is -2.24. The van der Waals surface area contributed by atoms with Gasteiger partial charge in [-0.25, -0.2) is 4.79 Å². The van der Waals surface area contributed by atoms with E-state index in [0.717, 1.165) is 10.9 Å². The van der Waals surface area contributed by atoms with E-state index in [1.54, 1.807) is 69.0 Å². The van der Waals surface area contributed by atoms with E-state index >= 15 is 0 Å². The number of nitrogens with zero attached hydrogens (tertiary/aromatic N) is 1. The second-order valence-electron chi connectivity index (χ2n) is 7.90. The monoisotopic (exact) mass is 437 g/mol. The number of nitrogens with one attached hydrogen (secondary N) is 2. The Morgan fingerprint density at radius 3 is 2.28 bits per heavy atom. The number of ether oxygens (including phenoxy) is 1. The Morgan fingerprint density at radius 1 is 1.00 bits per heavy atom. The lowest BCUT2D eigenvalue weighted by molar-refractivity contribution is -0.142. The summed E-state index contributed by atoms with van der Waals surface area (Å²) >= 11 is 0. The number of carbonyl (C=O) groups is 3. The maximum absolute atomic E-state index is 13.0. The van der Waals surface area contributed by atoms with Crippen molar-refractivity contribution in [2.75, 3.05) is 7.11 Å². The van der Waals surface area contributed by atoms with E-state index in [0.29, 0.717) is 17.0 Å². The SMILES string of the molecule is COc1ccc2c(c1)cc(C(=O)NC(C(=O)NC(C(=O)O)c1ccccc1)C(C)C)n2C. The van der Waals surface area contributed by atoms with Gasteiger partial charge in [0.05, 0.1) is 7.11 Å². The van der Waals surface area contributed by atoms with Gasteiger partial charge >= 0.3 is 5.97 Å². The molecular weight excluding hydrogens is 410 g/mol. The van der Waals surface area contributed by atoms with Crippen molar-refractivity contribution in [3.63, 3.8) is 0 Å². The minimum absolute atomic E-state index is 0.265. The van der Waals surface area contributed by atoms with Gasteiger partial charge in [0.2, 0.25) is 5.91 Å². The average Bonchev–Trinajstić information content (AvgIpc) is 3.11. The van der Waals surface area contributed by atoms with Gasteiger partial charge < -0.3 is 25.0 Å². The highest BCUT2D eigenvalue weighted by molar-refractivity contribution is 6.01. The molecular formula is C24H27N3O5. The highest BCUT2D eigenvalue weighted by atomic mass is 16.5. The highest BCUT2D eigenvalue weighted by Gasteiger charge is 2.30. The third-order valence-corrected chi connectivity index (χ3v) is 5.38. The van der Waals surface area contributed by atoms with Gasteiger partial charge in [-0.3, -0.25) is 9.59 Å². The Morgan fingerprint density at radius 2 is 1.69 bits per heavy atom. The van der Waals surface area contributed by atoms with E-state index in [-0.39, 0.29) is 5.92 Å². The predicted octanol–water partition coefficient (Wildman–Crippen LogP) is 2.88. The fourth-order valence-electron chi connectivity index (χ4n) is 3.59. The molecule has 3 rings (SSSR count). The first-order valence-electron chi connectivity index (χ1n) is 10.3. The molecule has 2 amide bonds. The lowest BCUT2D eigenvalue weighted by atomic mass is 10.0. The molecule has 0 radical (unpaired) electrons. The minimum atomic E-state index is -1.22. The summed E-state index contributed by atoms with van der Waals surface area (Å²) in [5, 5.41) is 15.7. The lowest BCUT2D eigenvalue weighted by Crippen LogP contribution is -2.51. The number of carboxylic acid groups (broad SMARTS) is 1. The first kappa shape index (κ1) is 22.9. The Hall–Kier alpha value is -3.81. The van der Waals surface area contributed by atoms with Crippen LogP contribution >= 0.6 is 0 Å². The van der Waals surface area contributed by atoms with Crippen LogP contribution in [-0.2, 0) is 16.6 Å². The van der Waals surface area contributed by atoms with Crippen molar-refractivity contribution >= 4 is 28.7 Å². The predicted molar refractivity (Wildman–Crippen MR) is 121 cm³/mol. The van der Waals surface area contributed by atoms with Crippen molar-refractivity contribution in [1.82, 2.24) is 15.2 Å². The zero-order valence-corrected chi connectivity index (χ0v) is 18.5. The van der Waals surface area contributed by atoms with Crippen LogP contribution in [0.2, 0.25) is 0 Å². The van der Waals surface area contributed by atoms with Crippen molar-refractivity contribution in [3.8, 4) is 5.75 Å².